The van der Waals surface area contributed by atoms with Crippen LogP contribution in [-0.2, 0) is 21.2 Å². The molecule has 2 aromatic carbocycles. The summed E-state index contributed by atoms with van der Waals surface area (Å²) in [4.78, 5) is 14.8. The first-order valence-corrected chi connectivity index (χ1v) is 12.0. The summed E-state index contributed by atoms with van der Waals surface area (Å²) in [5, 5.41) is 2.91. The minimum absolute atomic E-state index is 0.179. The Morgan fingerprint density at radius 3 is 2.48 bits per heavy atom. The highest BCUT2D eigenvalue weighted by Crippen LogP contribution is 2.30. The summed E-state index contributed by atoms with van der Waals surface area (Å²) in [6.07, 6.45) is 3.59. The van der Waals surface area contributed by atoms with E-state index < -0.39 is 10.0 Å². The van der Waals surface area contributed by atoms with E-state index in [1.54, 1.807) is 25.3 Å². The topological polar surface area (TPSA) is 78.9 Å². The molecule has 0 atom stereocenters. The molecule has 31 heavy (non-hydrogen) atoms. The molecule has 1 amide bonds. The zero-order valence-corrected chi connectivity index (χ0v) is 19.2. The predicted octanol–water partition coefficient (Wildman–Crippen LogP) is 3.51. The number of piperidine rings is 1. The molecule has 1 aliphatic rings. The number of para-hydroxylation sites is 1. The number of benzene rings is 2. The number of carbonyl (C=O) groups is 1. The number of carbonyl (C=O) groups excluding carboxylic acids is 1. The zero-order valence-electron chi connectivity index (χ0n) is 18.4. The highest BCUT2D eigenvalue weighted by Gasteiger charge is 2.27. The number of sulfonamides is 1. The fourth-order valence-corrected chi connectivity index (χ4v) is 5.33. The van der Waals surface area contributed by atoms with Crippen LogP contribution in [0.5, 0.6) is 5.75 Å². The zero-order chi connectivity index (χ0) is 22.4. The molecule has 168 valence electrons. The van der Waals surface area contributed by atoms with Gasteiger partial charge in [-0.1, -0.05) is 24.6 Å². The normalized spacial score (nSPS) is 14.8. The second kappa shape index (κ2) is 10.2. The summed E-state index contributed by atoms with van der Waals surface area (Å²) >= 11 is 0. The Hall–Kier alpha value is -2.58. The molecule has 8 heteroatoms. The van der Waals surface area contributed by atoms with E-state index in [0.717, 1.165) is 36.3 Å². The Morgan fingerprint density at radius 1 is 1.10 bits per heavy atom. The number of nitrogens with one attached hydrogen (secondary N) is 1. The van der Waals surface area contributed by atoms with Gasteiger partial charge in [-0.05, 0) is 49.1 Å². The van der Waals surface area contributed by atoms with Crippen LogP contribution >= 0.6 is 0 Å². The maximum absolute atomic E-state index is 13.1. The second-order valence-corrected chi connectivity index (χ2v) is 9.84. The Labute approximate surface area is 185 Å². The fraction of sp³-hybridized carbons (Fsp3) is 0.435. The van der Waals surface area contributed by atoms with Gasteiger partial charge in [0.15, 0.2) is 0 Å². The van der Waals surface area contributed by atoms with Crippen molar-refractivity contribution in [3.05, 3.63) is 48.0 Å². The molecular formula is C23H31N3O4S. The van der Waals surface area contributed by atoms with Gasteiger partial charge in [0, 0.05) is 33.6 Å². The fourth-order valence-electron chi connectivity index (χ4n) is 3.79. The van der Waals surface area contributed by atoms with Crippen LogP contribution in [-0.4, -0.2) is 52.9 Å². The third-order valence-electron chi connectivity index (χ3n) is 5.49. The van der Waals surface area contributed by atoms with Gasteiger partial charge in [0.2, 0.25) is 15.9 Å². The van der Waals surface area contributed by atoms with Gasteiger partial charge in [0.25, 0.3) is 0 Å². The van der Waals surface area contributed by atoms with Crippen molar-refractivity contribution in [1.82, 2.24) is 4.31 Å². The lowest BCUT2D eigenvalue weighted by Crippen LogP contribution is -2.35. The number of hydrogen-bond donors (Lipinski definition) is 1. The van der Waals surface area contributed by atoms with E-state index in [0.29, 0.717) is 25.2 Å². The molecule has 0 bridgehead atoms. The van der Waals surface area contributed by atoms with E-state index in [9.17, 15) is 13.2 Å². The van der Waals surface area contributed by atoms with E-state index in [1.165, 1.54) is 4.31 Å². The molecule has 0 saturated carbocycles. The Balaban J connectivity index is 1.78. The quantitative estimate of drug-likeness (QED) is 0.673. The number of rotatable bonds is 8. The molecule has 0 spiro atoms. The molecule has 7 nitrogen and oxygen atoms in total. The van der Waals surface area contributed by atoms with E-state index in [1.807, 2.05) is 43.3 Å². The summed E-state index contributed by atoms with van der Waals surface area (Å²) in [6.45, 7) is 1.08. The van der Waals surface area contributed by atoms with Crippen molar-refractivity contribution in [3.8, 4) is 5.75 Å². The average Bonchev–Trinajstić information content (AvgIpc) is 2.78. The molecular weight excluding hydrogens is 414 g/mol. The van der Waals surface area contributed by atoms with E-state index in [-0.39, 0.29) is 17.2 Å². The third-order valence-corrected chi connectivity index (χ3v) is 7.39. The van der Waals surface area contributed by atoms with Crippen molar-refractivity contribution in [2.45, 2.75) is 37.0 Å². The van der Waals surface area contributed by atoms with Crippen LogP contribution in [0.1, 0.15) is 31.2 Å². The summed E-state index contributed by atoms with van der Waals surface area (Å²) in [6, 6.07) is 12.5. The first-order chi connectivity index (χ1) is 14.8. The monoisotopic (exact) mass is 445 g/mol. The van der Waals surface area contributed by atoms with Gasteiger partial charge in [0.05, 0.1) is 23.4 Å². The largest absolute Gasteiger partial charge is 0.496 e. The lowest BCUT2D eigenvalue weighted by molar-refractivity contribution is -0.116. The highest BCUT2D eigenvalue weighted by atomic mass is 32.2. The van der Waals surface area contributed by atoms with Crippen LogP contribution in [0.15, 0.2) is 47.4 Å². The van der Waals surface area contributed by atoms with Crippen LogP contribution in [0.3, 0.4) is 0 Å². The molecule has 1 saturated heterocycles. The Bertz CT molecular complexity index is 1020. The summed E-state index contributed by atoms with van der Waals surface area (Å²) in [5.41, 5.74) is 2.20. The van der Waals surface area contributed by atoms with Crippen LogP contribution in [0, 0.1) is 0 Å². The number of nitrogens with zero attached hydrogens (tertiary/aromatic N) is 2. The summed E-state index contributed by atoms with van der Waals surface area (Å²) < 4.78 is 33.0. The SMILES string of the molecule is COc1ccccc1CCC(=O)Nc1cc(S(=O)(=O)N2CCCCC2)ccc1N(C)C. The number of anilines is 2. The third kappa shape index (κ3) is 5.57. The van der Waals surface area contributed by atoms with Crippen molar-refractivity contribution in [3.63, 3.8) is 0 Å². The van der Waals surface area contributed by atoms with Crippen molar-refractivity contribution >= 4 is 27.3 Å². The van der Waals surface area contributed by atoms with Gasteiger partial charge in [-0.3, -0.25) is 4.79 Å². The maximum Gasteiger partial charge on any atom is 0.243 e. The van der Waals surface area contributed by atoms with E-state index >= 15 is 0 Å². The number of aryl methyl sites for hydroxylation is 1. The molecule has 3 rings (SSSR count). The van der Waals surface area contributed by atoms with Crippen molar-refractivity contribution in [2.24, 2.45) is 0 Å². The first kappa shape index (κ1) is 23.1. The lowest BCUT2D eigenvalue weighted by atomic mass is 10.1. The van der Waals surface area contributed by atoms with E-state index in [4.69, 9.17) is 4.74 Å². The van der Waals surface area contributed by atoms with Gasteiger partial charge in [-0.25, -0.2) is 8.42 Å². The molecule has 1 aliphatic heterocycles. The molecule has 0 unspecified atom stereocenters. The number of ether oxygens (including phenoxy) is 1. The molecule has 2 aromatic rings. The van der Waals surface area contributed by atoms with Gasteiger partial charge in [-0.15, -0.1) is 0 Å². The van der Waals surface area contributed by atoms with Crippen LogP contribution < -0.4 is 15.0 Å². The van der Waals surface area contributed by atoms with Gasteiger partial charge in [-0.2, -0.15) is 4.31 Å². The maximum atomic E-state index is 13.1. The standard InChI is InChI=1S/C23H31N3O4S/c1-25(2)21-13-12-19(31(28,29)26-15-7-4-8-16-26)17-20(21)24-23(27)14-11-18-9-5-6-10-22(18)30-3/h5-6,9-10,12-13,17H,4,7-8,11,14-16H2,1-3H3,(H,24,27). The van der Waals surface area contributed by atoms with E-state index in [2.05, 4.69) is 5.32 Å². The average molecular weight is 446 g/mol. The van der Waals surface area contributed by atoms with Crippen molar-refractivity contribution in [1.29, 1.82) is 0 Å². The second-order valence-electron chi connectivity index (χ2n) is 7.90. The first-order valence-electron chi connectivity index (χ1n) is 10.6. The number of hydrogen-bond acceptors (Lipinski definition) is 5. The minimum atomic E-state index is -3.58. The van der Waals surface area contributed by atoms with Gasteiger partial charge >= 0.3 is 0 Å². The van der Waals surface area contributed by atoms with Crippen LogP contribution in [0.25, 0.3) is 0 Å². The van der Waals surface area contributed by atoms with Crippen LogP contribution in [0.2, 0.25) is 0 Å². The number of amides is 1. The Kier molecular flexibility index (Phi) is 7.56. The molecule has 1 N–H and O–H groups in total. The molecule has 0 aromatic heterocycles. The summed E-state index contributed by atoms with van der Waals surface area (Å²) in [7, 11) is 1.75. The minimum Gasteiger partial charge on any atom is -0.496 e. The molecule has 1 heterocycles. The smallest absolute Gasteiger partial charge is 0.243 e. The predicted molar refractivity (Wildman–Crippen MR) is 123 cm³/mol. The molecule has 1 fully saturated rings. The molecule has 0 radical (unpaired) electrons. The summed E-state index contributed by atoms with van der Waals surface area (Å²) in [5.74, 6) is 0.570. The van der Waals surface area contributed by atoms with Crippen LogP contribution in [0.4, 0.5) is 11.4 Å². The molecule has 0 aliphatic carbocycles. The van der Waals surface area contributed by atoms with Crippen molar-refractivity contribution in [2.75, 3.05) is 44.5 Å². The number of methoxy groups -OCH3 is 1. The van der Waals surface area contributed by atoms with Crippen molar-refractivity contribution < 1.29 is 17.9 Å². The van der Waals surface area contributed by atoms with Gasteiger partial charge < -0.3 is 15.0 Å². The Morgan fingerprint density at radius 2 is 1.81 bits per heavy atom. The van der Waals surface area contributed by atoms with Gasteiger partial charge in [0.1, 0.15) is 5.75 Å². The highest BCUT2D eigenvalue weighted by molar-refractivity contribution is 7.89. The lowest BCUT2D eigenvalue weighted by Gasteiger charge is -2.26.